The third-order valence-electron chi connectivity index (χ3n) is 2.03. The van der Waals surface area contributed by atoms with Crippen LogP contribution in [-0.4, -0.2) is 29.1 Å². The van der Waals surface area contributed by atoms with Crippen LogP contribution >= 0.6 is 0 Å². The minimum Gasteiger partial charge on any atom is -0.448 e. The molecule has 0 bridgehead atoms. The van der Waals surface area contributed by atoms with Crippen LogP contribution in [0.4, 0.5) is 10.6 Å². The molecule has 1 aliphatic heterocycles. The van der Waals surface area contributed by atoms with Crippen molar-refractivity contribution in [2.75, 3.05) is 18.9 Å². The third kappa shape index (κ3) is 1.76. The smallest absolute Gasteiger partial charge is 0.410 e. The molecule has 0 spiro atoms. The fourth-order valence-electron chi connectivity index (χ4n) is 1.35. The number of hydrogen-bond donors (Lipinski definition) is 1. The van der Waals surface area contributed by atoms with Gasteiger partial charge in [-0.1, -0.05) is 6.07 Å². The van der Waals surface area contributed by atoms with Gasteiger partial charge in [0.05, 0.1) is 18.8 Å². The van der Waals surface area contributed by atoms with Crippen LogP contribution in [0.25, 0.3) is 0 Å². The molecule has 0 atom stereocenters. The number of hydrogen-bond acceptors (Lipinski definition) is 4. The van der Waals surface area contributed by atoms with E-state index in [0.717, 1.165) is 5.69 Å². The van der Waals surface area contributed by atoms with Gasteiger partial charge in [-0.15, -0.1) is 0 Å². The number of nitrogens with zero attached hydrogens (tertiary/aromatic N) is 2. The molecule has 0 aliphatic carbocycles. The molecule has 1 fully saturated rings. The van der Waals surface area contributed by atoms with Crippen LogP contribution in [0, 0.1) is 0 Å². The average Bonchev–Trinajstić information content (AvgIpc) is 2.52. The molecule has 2 rings (SSSR count). The van der Waals surface area contributed by atoms with Gasteiger partial charge in [-0.25, -0.2) is 9.78 Å². The van der Waals surface area contributed by atoms with Crippen molar-refractivity contribution in [3.8, 4) is 0 Å². The molecule has 1 aromatic rings. The zero-order chi connectivity index (χ0) is 9.97. The Hall–Kier alpha value is -1.78. The maximum atomic E-state index is 11.1. The van der Waals surface area contributed by atoms with Crippen LogP contribution in [0.1, 0.15) is 5.69 Å². The molecular formula is C9H11N3O2. The van der Waals surface area contributed by atoms with Crippen LogP contribution in [0.15, 0.2) is 18.2 Å². The minimum absolute atomic E-state index is 0.283. The summed E-state index contributed by atoms with van der Waals surface area (Å²) in [7, 11) is 0. The highest BCUT2D eigenvalue weighted by Crippen LogP contribution is 2.09. The lowest BCUT2D eigenvalue weighted by Gasteiger charge is -2.11. The third-order valence-corrected chi connectivity index (χ3v) is 2.03. The molecule has 1 aliphatic rings. The van der Waals surface area contributed by atoms with Crippen LogP contribution < -0.4 is 5.73 Å². The number of ether oxygens (including phenoxy) is 1. The SMILES string of the molecule is Nc1cccc(CN2CCOC2=O)n1. The molecule has 2 N–H and O–H groups in total. The van der Waals surface area contributed by atoms with Crippen LogP contribution in [-0.2, 0) is 11.3 Å². The van der Waals surface area contributed by atoms with Gasteiger partial charge in [-0.2, -0.15) is 0 Å². The van der Waals surface area contributed by atoms with Crippen molar-refractivity contribution in [1.29, 1.82) is 0 Å². The van der Waals surface area contributed by atoms with Crippen molar-refractivity contribution < 1.29 is 9.53 Å². The number of anilines is 1. The average molecular weight is 193 g/mol. The lowest BCUT2D eigenvalue weighted by atomic mass is 10.3. The number of pyridine rings is 1. The Morgan fingerprint density at radius 2 is 2.43 bits per heavy atom. The van der Waals surface area contributed by atoms with Crippen LogP contribution in [0.3, 0.4) is 0 Å². The van der Waals surface area contributed by atoms with Crippen LogP contribution in [0.2, 0.25) is 0 Å². The van der Waals surface area contributed by atoms with Gasteiger partial charge in [-0.3, -0.25) is 4.90 Å². The summed E-state index contributed by atoms with van der Waals surface area (Å²) >= 11 is 0. The van der Waals surface area contributed by atoms with Crippen molar-refractivity contribution in [3.05, 3.63) is 23.9 Å². The topological polar surface area (TPSA) is 68.4 Å². The van der Waals surface area contributed by atoms with E-state index in [4.69, 9.17) is 10.5 Å². The normalized spacial score (nSPS) is 15.7. The molecule has 14 heavy (non-hydrogen) atoms. The highest BCUT2D eigenvalue weighted by Gasteiger charge is 2.21. The number of aromatic nitrogens is 1. The standard InChI is InChI=1S/C9H11N3O2/c10-8-3-1-2-7(11-8)6-12-4-5-14-9(12)13/h1-3H,4-6H2,(H2,10,11). The number of nitrogens with two attached hydrogens (primary N) is 1. The second kappa shape index (κ2) is 3.53. The summed E-state index contributed by atoms with van der Waals surface area (Å²) in [5.41, 5.74) is 6.30. The molecule has 0 radical (unpaired) electrons. The van der Waals surface area contributed by atoms with E-state index in [1.165, 1.54) is 0 Å². The van der Waals surface area contributed by atoms with Gasteiger partial charge in [0, 0.05) is 0 Å². The number of nitrogen functional groups attached to an aromatic ring is 1. The fraction of sp³-hybridized carbons (Fsp3) is 0.333. The van der Waals surface area contributed by atoms with E-state index in [9.17, 15) is 4.79 Å². The van der Waals surface area contributed by atoms with Gasteiger partial charge in [0.25, 0.3) is 0 Å². The second-order valence-corrected chi connectivity index (χ2v) is 3.09. The molecule has 1 amide bonds. The lowest BCUT2D eigenvalue weighted by Crippen LogP contribution is -2.24. The highest BCUT2D eigenvalue weighted by atomic mass is 16.6. The first-order valence-corrected chi connectivity index (χ1v) is 4.39. The Labute approximate surface area is 81.5 Å². The van der Waals surface area contributed by atoms with E-state index >= 15 is 0 Å². The molecule has 5 heteroatoms. The predicted octanol–water partition coefficient (Wildman–Crippen LogP) is 0.616. The van der Waals surface area contributed by atoms with Crippen molar-refractivity contribution >= 4 is 11.9 Å². The van der Waals surface area contributed by atoms with E-state index in [1.54, 1.807) is 11.0 Å². The summed E-state index contributed by atoms with van der Waals surface area (Å²) in [4.78, 5) is 16.8. The Balaban J connectivity index is 2.07. The lowest BCUT2D eigenvalue weighted by molar-refractivity contribution is 0.157. The first-order valence-electron chi connectivity index (χ1n) is 4.39. The minimum atomic E-state index is -0.283. The van der Waals surface area contributed by atoms with Gasteiger partial charge in [0.1, 0.15) is 12.4 Å². The Morgan fingerprint density at radius 3 is 3.07 bits per heavy atom. The Bertz CT molecular complexity index is 354. The monoisotopic (exact) mass is 193 g/mol. The predicted molar refractivity (Wildman–Crippen MR) is 50.4 cm³/mol. The fourth-order valence-corrected chi connectivity index (χ4v) is 1.35. The summed E-state index contributed by atoms with van der Waals surface area (Å²) in [6, 6.07) is 5.37. The van der Waals surface area contributed by atoms with Gasteiger partial charge in [0.15, 0.2) is 0 Å². The largest absolute Gasteiger partial charge is 0.448 e. The van der Waals surface area contributed by atoms with Gasteiger partial charge < -0.3 is 10.5 Å². The van der Waals surface area contributed by atoms with Crippen molar-refractivity contribution in [2.24, 2.45) is 0 Å². The van der Waals surface area contributed by atoms with E-state index < -0.39 is 0 Å². The number of amides is 1. The molecular weight excluding hydrogens is 182 g/mol. The summed E-state index contributed by atoms with van der Waals surface area (Å²) in [5.74, 6) is 0.468. The second-order valence-electron chi connectivity index (χ2n) is 3.09. The summed E-state index contributed by atoms with van der Waals surface area (Å²) in [6.07, 6.45) is -0.283. The quantitative estimate of drug-likeness (QED) is 0.747. The van der Waals surface area contributed by atoms with Crippen molar-refractivity contribution in [3.63, 3.8) is 0 Å². The maximum Gasteiger partial charge on any atom is 0.410 e. The Morgan fingerprint density at radius 1 is 1.57 bits per heavy atom. The molecule has 5 nitrogen and oxygen atoms in total. The first kappa shape index (κ1) is 8.80. The van der Waals surface area contributed by atoms with Gasteiger partial charge in [0.2, 0.25) is 0 Å². The molecule has 1 aromatic heterocycles. The molecule has 2 heterocycles. The number of rotatable bonds is 2. The summed E-state index contributed by atoms with van der Waals surface area (Å²) < 4.78 is 4.80. The van der Waals surface area contributed by atoms with E-state index in [0.29, 0.717) is 25.5 Å². The Kier molecular flexibility index (Phi) is 2.22. The van der Waals surface area contributed by atoms with Gasteiger partial charge >= 0.3 is 6.09 Å². The first-order chi connectivity index (χ1) is 6.75. The molecule has 1 saturated heterocycles. The zero-order valence-corrected chi connectivity index (χ0v) is 7.64. The van der Waals surface area contributed by atoms with Crippen LogP contribution in [0.5, 0.6) is 0 Å². The summed E-state index contributed by atoms with van der Waals surface area (Å²) in [5, 5.41) is 0. The van der Waals surface area contributed by atoms with Crippen molar-refractivity contribution in [1.82, 2.24) is 9.88 Å². The summed E-state index contributed by atoms with van der Waals surface area (Å²) in [6.45, 7) is 1.54. The van der Waals surface area contributed by atoms with Gasteiger partial charge in [-0.05, 0) is 12.1 Å². The number of carbonyl (C=O) groups is 1. The highest BCUT2D eigenvalue weighted by molar-refractivity contribution is 5.69. The van der Waals surface area contributed by atoms with Crippen molar-refractivity contribution in [2.45, 2.75) is 6.54 Å². The number of carbonyl (C=O) groups excluding carboxylic acids is 1. The molecule has 74 valence electrons. The maximum absolute atomic E-state index is 11.1. The molecule has 0 unspecified atom stereocenters. The molecule has 0 aromatic carbocycles. The zero-order valence-electron chi connectivity index (χ0n) is 7.64. The molecule has 0 saturated carbocycles. The van der Waals surface area contributed by atoms with E-state index in [2.05, 4.69) is 4.98 Å². The number of cyclic esters (lactones) is 1. The van der Waals surface area contributed by atoms with E-state index in [-0.39, 0.29) is 6.09 Å². The van der Waals surface area contributed by atoms with E-state index in [1.807, 2.05) is 12.1 Å².